The van der Waals surface area contributed by atoms with Crippen LogP contribution in [-0.4, -0.2) is 23.1 Å². The van der Waals surface area contributed by atoms with Gasteiger partial charge in [0.15, 0.2) is 0 Å². The molecule has 0 aromatic rings. The fourth-order valence-corrected chi connectivity index (χ4v) is 3.69. The fourth-order valence-electron chi connectivity index (χ4n) is 3.69. The van der Waals surface area contributed by atoms with E-state index in [0.717, 1.165) is 64.2 Å². The molecule has 0 bridgehead atoms. The highest BCUT2D eigenvalue weighted by Gasteiger charge is 2.14. The van der Waals surface area contributed by atoms with Crippen molar-refractivity contribution in [2.45, 2.75) is 148 Å². The minimum Gasteiger partial charge on any atom is -0.481 e. The van der Waals surface area contributed by atoms with Gasteiger partial charge in [-0.05, 0) is 38.5 Å². The van der Waals surface area contributed by atoms with Crippen LogP contribution in [-0.2, 0) is 14.3 Å². The second kappa shape index (κ2) is 21.6. The summed E-state index contributed by atoms with van der Waals surface area (Å²) < 4.78 is 5.77. The molecule has 0 aliphatic carbocycles. The van der Waals surface area contributed by atoms with E-state index in [2.05, 4.69) is 13.8 Å². The summed E-state index contributed by atoms with van der Waals surface area (Å²) in [4.78, 5) is 22.6. The molecule has 0 radical (unpaired) electrons. The Kier molecular flexibility index (Phi) is 20.9. The third kappa shape index (κ3) is 21.5. The Bertz CT molecular complexity index is 381. The van der Waals surface area contributed by atoms with E-state index in [1.165, 1.54) is 51.4 Å². The Morgan fingerprint density at radius 1 is 0.621 bits per heavy atom. The lowest BCUT2D eigenvalue weighted by Crippen LogP contribution is -2.18. The van der Waals surface area contributed by atoms with Gasteiger partial charge in [0, 0.05) is 12.8 Å². The number of carboxylic acid groups (broad SMARTS) is 1. The van der Waals surface area contributed by atoms with E-state index < -0.39 is 5.97 Å². The number of carbonyl (C=O) groups is 2. The predicted molar refractivity (Wildman–Crippen MR) is 121 cm³/mol. The Balaban J connectivity index is 3.92. The summed E-state index contributed by atoms with van der Waals surface area (Å²) in [6.07, 6.45) is 21.6. The zero-order valence-electron chi connectivity index (χ0n) is 19.4. The minimum absolute atomic E-state index is 0.0331. The van der Waals surface area contributed by atoms with E-state index in [0.29, 0.717) is 6.42 Å². The van der Waals surface area contributed by atoms with Crippen LogP contribution in [0.3, 0.4) is 0 Å². The van der Waals surface area contributed by atoms with E-state index in [-0.39, 0.29) is 18.5 Å². The fraction of sp³-hybridized carbons (Fsp3) is 0.920. The monoisotopic (exact) mass is 412 g/mol. The molecule has 0 aliphatic rings. The number of rotatable bonds is 22. The van der Waals surface area contributed by atoms with Gasteiger partial charge < -0.3 is 9.84 Å². The lowest BCUT2D eigenvalue weighted by molar-refractivity contribution is -0.150. The first-order valence-corrected chi connectivity index (χ1v) is 12.5. The number of hydrogen-bond acceptors (Lipinski definition) is 3. The van der Waals surface area contributed by atoms with Crippen LogP contribution in [0.5, 0.6) is 0 Å². The van der Waals surface area contributed by atoms with E-state index in [1.54, 1.807) is 0 Å². The van der Waals surface area contributed by atoms with Crippen molar-refractivity contribution < 1.29 is 19.4 Å². The second-order valence-corrected chi connectivity index (χ2v) is 8.53. The van der Waals surface area contributed by atoms with Gasteiger partial charge in [0.1, 0.15) is 6.10 Å². The van der Waals surface area contributed by atoms with Crippen molar-refractivity contribution in [2.24, 2.45) is 0 Å². The molecule has 0 aliphatic heterocycles. The summed E-state index contributed by atoms with van der Waals surface area (Å²) in [6, 6.07) is 0. The summed E-state index contributed by atoms with van der Waals surface area (Å²) in [5.74, 6) is -0.737. The smallest absolute Gasteiger partial charge is 0.306 e. The lowest BCUT2D eigenvalue weighted by Gasteiger charge is -2.18. The van der Waals surface area contributed by atoms with Crippen molar-refractivity contribution in [3.8, 4) is 0 Å². The van der Waals surface area contributed by atoms with Crippen LogP contribution >= 0.6 is 0 Å². The van der Waals surface area contributed by atoms with Gasteiger partial charge in [0.25, 0.3) is 0 Å². The number of hydrogen-bond donors (Lipinski definition) is 1. The SMILES string of the molecule is CCCCCCCCCCCC(CCCCCCCC(=O)O)OC(=O)CCCC. The van der Waals surface area contributed by atoms with Gasteiger partial charge in [-0.15, -0.1) is 0 Å². The predicted octanol–water partition coefficient (Wildman–Crippen LogP) is 7.82. The van der Waals surface area contributed by atoms with E-state index in [1.807, 2.05) is 0 Å². The maximum Gasteiger partial charge on any atom is 0.306 e. The van der Waals surface area contributed by atoms with Crippen LogP contribution < -0.4 is 0 Å². The largest absolute Gasteiger partial charge is 0.481 e. The van der Waals surface area contributed by atoms with Gasteiger partial charge in [0.2, 0.25) is 0 Å². The maximum absolute atomic E-state index is 12.0. The highest BCUT2D eigenvalue weighted by atomic mass is 16.5. The second-order valence-electron chi connectivity index (χ2n) is 8.53. The highest BCUT2D eigenvalue weighted by Crippen LogP contribution is 2.18. The van der Waals surface area contributed by atoms with Crippen LogP contribution in [0.15, 0.2) is 0 Å². The molecular weight excluding hydrogens is 364 g/mol. The molecule has 0 saturated heterocycles. The number of esters is 1. The maximum atomic E-state index is 12.0. The molecule has 1 atom stereocenters. The molecule has 0 aromatic heterocycles. The van der Waals surface area contributed by atoms with Crippen molar-refractivity contribution in [3.63, 3.8) is 0 Å². The molecule has 0 fully saturated rings. The van der Waals surface area contributed by atoms with Crippen molar-refractivity contribution in [1.82, 2.24) is 0 Å². The number of ether oxygens (including phenoxy) is 1. The number of aliphatic carboxylic acids is 1. The molecule has 1 unspecified atom stereocenters. The van der Waals surface area contributed by atoms with Crippen LogP contribution in [0.2, 0.25) is 0 Å². The van der Waals surface area contributed by atoms with Crippen LogP contribution in [0, 0.1) is 0 Å². The standard InChI is InChI=1S/C25H48O4/c1-3-5-7-8-9-10-11-13-16-19-23(29-25(28)22-6-4-2)20-17-14-12-15-18-21-24(26)27/h23H,3-22H2,1-2H3,(H,26,27). The summed E-state index contributed by atoms with van der Waals surface area (Å²) in [5.41, 5.74) is 0. The Labute approximate surface area is 180 Å². The van der Waals surface area contributed by atoms with Crippen molar-refractivity contribution >= 4 is 11.9 Å². The highest BCUT2D eigenvalue weighted by molar-refractivity contribution is 5.69. The van der Waals surface area contributed by atoms with E-state index in [4.69, 9.17) is 9.84 Å². The van der Waals surface area contributed by atoms with E-state index >= 15 is 0 Å². The molecule has 0 amide bonds. The third-order valence-corrected chi connectivity index (χ3v) is 5.58. The average Bonchev–Trinajstić information content (AvgIpc) is 2.69. The van der Waals surface area contributed by atoms with Crippen LogP contribution in [0.4, 0.5) is 0 Å². The molecule has 172 valence electrons. The minimum atomic E-state index is -0.704. The first kappa shape index (κ1) is 27.9. The molecular formula is C25H48O4. The molecule has 29 heavy (non-hydrogen) atoms. The van der Waals surface area contributed by atoms with Gasteiger partial charge in [0.05, 0.1) is 0 Å². The van der Waals surface area contributed by atoms with Gasteiger partial charge in [-0.2, -0.15) is 0 Å². The van der Waals surface area contributed by atoms with E-state index in [9.17, 15) is 9.59 Å². The summed E-state index contributed by atoms with van der Waals surface area (Å²) in [7, 11) is 0. The molecule has 0 saturated carbocycles. The summed E-state index contributed by atoms with van der Waals surface area (Å²) in [5, 5.41) is 8.67. The molecule has 1 N–H and O–H groups in total. The van der Waals surface area contributed by atoms with Crippen molar-refractivity contribution in [3.05, 3.63) is 0 Å². The lowest BCUT2D eigenvalue weighted by atomic mass is 10.0. The number of carbonyl (C=O) groups excluding carboxylic acids is 1. The topological polar surface area (TPSA) is 63.6 Å². The first-order chi connectivity index (χ1) is 14.1. The summed E-state index contributed by atoms with van der Waals surface area (Å²) in [6.45, 7) is 4.35. The first-order valence-electron chi connectivity index (χ1n) is 12.5. The zero-order valence-corrected chi connectivity index (χ0v) is 19.4. The van der Waals surface area contributed by atoms with Gasteiger partial charge in [-0.3, -0.25) is 9.59 Å². The Morgan fingerprint density at radius 2 is 1.07 bits per heavy atom. The Hall–Kier alpha value is -1.06. The summed E-state index contributed by atoms with van der Waals surface area (Å²) >= 11 is 0. The third-order valence-electron chi connectivity index (χ3n) is 5.58. The molecule has 4 heteroatoms. The Morgan fingerprint density at radius 3 is 1.55 bits per heavy atom. The number of unbranched alkanes of at least 4 members (excludes halogenated alkanes) is 13. The van der Waals surface area contributed by atoms with Crippen LogP contribution in [0.25, 0.3) is 0 Å². The van der Waals surface area contributed by atoms with Gasteiger partial charge >= 0.3 is 11.9 Å². The van der Waals surface area contributed by atoms with Crippen molar-refractivity contribution in [1.29, 1.82) is 0 Å². The van der Waals surface area contributed by atoms with Gasteiger partial charge in [-0.25, -0.2) is 0 Å². The molecule has 0 spiro atoms. The number of carboxylic acids is 1. The molecule has 0 heterocycles. The quantitative estimate of drug-likeness (QED) is 0.145. The normalized spacial score (nSPS) is 12.1. The zero-order chi connectivity index (χ0) is 21.6. The molecule has 4 nitrogen and oxygen atoms in total. The average molecular weight is 413 g/mol. The van der Waals surface area contributed by atoms with Crippen molar-refractivity contribution in [2.75, 3.05) is 0 Å². The molecule has 0 rings (SSSR count). The van der Waals surface area contributed by atoms with Crippen LogP contribution in [0.1, 0.15) is 142 Å². The van der Waals surface area contributed by atoms with Gasteiger partial charge in [-0.1, -0.05) is 90.9 Å². The molecule has 0 aromatic carbocycles.